The summed E-state index contributed by atoms with van der Waals surface area (Å²) in [5.41, 5.74) is 0.849. The smallest absolute Gasteiger partial charge is 0.354 e. The van der Waals surface area contributed by atoms with Crippen LogP contribution < -0.4 is 0 Å². The summed E-state index contributed by atoms with van der Waals surface area (Å²) in [6.07, 6.45) is 1.46. The molecular weight excluding hydrogens is 260 g/mol. The molecule has 1 aromatic heterocycles. The van der Waals surface area contributed by atoms with Crippen LogP contribution >= 0.6 is 15.9 Å². The molecule has 0 amide bonds. The third kappa shape index (κ3) is 1.78. The molecule has 4 nitrogen and oxygen atoms in total. The van der Waals surface area contributed by atoms with Gasteiger partial charge in [0.05, 0.1) is 11.9 Å². The van der Waals surface area contributed by atoms with Crippen molar-refractivity contribution in [2.24, 2.45) is 0 Å². The van der Waals surface area contributed by atoms with Gasteiger partial charge in [0.25, 0.3) is 0 Å². The molecule has 0 unspecified atom stereocenters. The lowest BCUT2D eigenvalue weighted by molar-refractivity contribution is 0.0687. The molecule has 0 aliphatic rings. The lowest BCUT2D eigenvalue weighted by Crippen LogP contribution is -2.08. The molecule has 1 N–H and O–H groups in total. The van der Waals surface area contributed by atoms with Crippen LogP contribution in [0, 0.1) is 0 Å². The zero-order valence-corrected chi connectivity index (χ0v) is 9.18. The van der Waals surface area contributed by atoms with Gasteiger partial charge in [0.1, 0.15) is 0 Å². The van der Waals surface area contributed by atoms with Crippen LogP contribution in [0.4, 0.5) is 0 Å². The standard InChI is InChI=1S/C10H7BrN2O2/c11-7-3-1-2-4-8(7)13-9(10(14)15)5-6-12-13/h1-6H,(H,14,15). The minimum absolute atomic E-state index is 0.141. The minimum Gasteiger partial charge on any atom is -0.477 e. The maximum absolute atomic E-state index is 10.9. The molecule has 0 aliphatic heterocycles. The topological polar surface area (TPSA) is 55.1 Å². The van der Waals surface area contributed by atoms with Crippen LogP contribution in [0.25, 0.3) is 5.69 Å². The quantitative estimate of drug-likeness (QED) is 0.908. The maximum Gasteiger partial charge on any atom is 0.354 e. The van der Waals surface area contributed by atoms with Crippen molar-refractivity contribution < 1.29 is 9.90 Å². The van der Waals surface area contributed by atoms with Crippen molar-refractivity contribution in [3.05, 3.63) is 46.7 Å². The second-order valence-electron chi connectivity index (χ2n) is 2.88. The van der Waals surface area contributed by atoms with Crippen molar-refractivity contribution in [2.45, 2.75) is 0 Å². The van der Waals surface area contributed by atoms with Gasteiger partial charge >= 0.3 is 5.97 Å². The summed E-state index contributed by atoms with van der Waals surface area (Å²) in [6, 6.07) is 8.78. The molecule has 0 saturated carbocycles. The number of carbonyl (C=O) groups is 1. The number of carboxylic acid groups (broad SMARTS) is 1. The minimum atomic E-state index is -0.997. The van der Waals surface area contributed by atoms with Crippen molar-refractivity contribution in [1.29, 1.82) is 0 Å². The van der Waals surface area contributed by atoms with Crippen LogP contribution in [0.1, 0.15) is 10.5 Å². The number of hydrogen-bond acceptors (Lipinski definition) is 2. The lowest BCUT2D eigenvalue weighted by atomic mass is 10.3. The van der Waals surface area contributed by atoms with E-state index in [1.165, 1.54) is 16.9 Å². The average molecular weight is 267 g/mol. The Hall–Kier alpha value is -1.62. The molecule has 0 fully saturated rings. The number of benzene rings is 1. The molecule has 1 aromatic carbocycles. The van der Waals surface area contributed by atoms with Crippen LogP contribution in [-0.4, -0.2) is 20.9 Å². The highest BCUT2D eigenvalue weighted by atomic mass is 79.9. The van der Waals surface area contributed by atoms with Gasteiger partial charge in [-0.3, -0.25) is 0 Å². The largest absolute Gasteiger partial charge is 0.477 e. The Labute approximate surface area is 94.3 Å². The molecule has 2 aromatic rings. The van der Waals surface area contributed by atoms with Gasteiger partial charge < -0.3 is 5.11 Å². The average Bonchev–Trinajstić information content (AvgIpc) is 2.67. The van der Waals surface area contributed by atoms with Gasteiger partial charge in [0.2, 0.25) is 0 Å². The van der Waals surface area contributed by atoms with E-state index in [0.29, 0.717) is 5.69 Å². The first kappa shape index (κ1) is 9.92. The summed E-state index contributed by atoms with van der Waals surface area (Å²) < 4.78 is 2.18. The fourth-order valence-corrected chi connectivity index (χ4v) is 1.73. The van der Waals surface area contributed by atoms with E-state index in [0.717, 1.165) is 4.47 Å². The van der Waals surface area contributed by atoms with Crippen molar-refractivity contribution in [1.82, 2.24) is 9.78 Å². The molecule has 0 radical (unpaired) electrons. The SMILES string of the molecule is O=C(O)c1ccnn1-c1ccccc1Br. The predicted octanol–water partition coefficient (Wildman–Crippen LogP) is 2.33. The predicted molar refractivity (Wildman–Crippen MR) is 58.2 cm³/mol. The van der Waals surface area contributed by atoms with Crippen molar-refractivity contribution >= 4 is 21.9 Å². The second kappa shape index (κ2) is 3.86. The third-order valence-corrected chi connectivity index (χ3v) is 2.61. The molecule has 2 rings (SSSR count). The summed E-state index contributed by atoms with van der Waals surface area (Å²) in [6.45, 7) is 0. The highest BCUT2D eigenvalue weighted by molar-refractivity contribution is 9.10. The van der Waals surface area contributed by atoms with Gasteiger partial charge in [-0.25, -0.2) is 9.48 Å². The Balaban J connectivity index is 2.59. The van der Waals surface area contributed by atoms with E-state index in [1.807, 2.05) is 18.2 Å². The maximum atomic E-state index is 10.9. The van der Waals surface area contributed by atoms with Crippen LogP contribution in [0.15, 0.2) is 41.0 Å². The summed E-state index contributed by atoms with van der Waals surface area (Å²) in [7, 11) is 0. The monoisotopic (exact) mass is 266 g/mol. The van der Waals surface area contributed by atoms with E-state index in [-0.39, 0.29) is 5.69 Å². The molecule has 0 bridgehead atoms. The van der Waals surface area contributed by atoms with E-state index < -0.39 is 5.97 Å². The van der Waals surface area contributed by atoms with Crippen LogP contribution in [0.2, 0.25) is 0 Å². The first-order chi connectivity index (χ1) is 7.20. The second-order valence-corrected chi connectivity index (χ2v) is 3.74. The van der Waals surface area contributed by atoms with Gasteiger partial charge in [-0.05, 0) is 34.1 Å². The normalized spacial score (nSPS) is 10.2. The fraction of sp³-hybridized carbons (Fsp3) is 0. The molecule has 1 heterocycles. The van der Waals surface area contributed by atoms with E-state index in [4.69, 9.17) is 5.11 Å². The number of aromatic carboxylic acids is 1. The molecule has 0 atom stereocenters. The van der Waals surface area contributed by atoms with Gasteiger partial charge in [0, 0.05) is 4.47 Å². The van der Waals surface area contributed by atoms with Crippen molar-refractivity contribution in [3.63, 3.8) is 0 Å². The third-order valence-electron chi connectivity index (χ3n) is 1.94. The zero-order valence-electron chi connectivity index (χ0n) is 7.59. The lowest BCUT2D eigenvalue weighted by Gasteiger charge is -2.05. The van der Waals surface area contributed by atoms with E-state index in [9.17, 15) is 4.79 Å². The Morgan fingerprint density at radius 3 is 2.73 bits per heavy atom. The van der Waals surface area contributed by atoms with Gasteiger partial charge in [-0.15, -0.1) is 0 Å². The number of nitrogens with zero attached hydrogens (tertiary/aromatic N) is 2. The number of carboxylic acids is 1. The van der Waals surface area contributed by atoms with Gasteiger partial charge in [-0.1, -0.05) is 12.1 Å². The Bertz CT molecular complexity index is 508. The number of para-hydroxylation sites is 1. The molecule has 0 aliphatic carbocycles. The first-order valence-corrected chi connectivity index (χ1v) is 5.01. The summed E-state index contributed by atoms with van der Waals surface area (Å²) in [4.78, 5) is 10.9. The number of aromatic nitrogens is 2. The van der Waals surface area contributed by atoms with Crippen LogP contribution in [0.5, 0.6) is 0 Å². The fourth-order valence-electron chi connectivity index (χ4n) is 1.28. The summed E-state index contributed by atoms with van der Waals surface area (Å²) >= 11 is 3.35. The van der Waals surface area contributed by atoms with E-state index in [1.54, 1.807) is 6.07 Å². The molecule has 76 valence electrons. The molecule has 0 saturated heterocycles. The molecule has 5 heteroatoms. The van der Waals surface area contributed by atoms with Gasteiger partial charge in [-0.2, -0.15) is 5.10 Å². The van der Waals surface area contributed by atoms with E-state index >= 15 is 0 Å². The van der Waals surface area contributed by atoms with E-state index in [2.05, 4.69) is 21.0 Å². The molecule has 15 heavy (non-hydrogen) atoms. The summed E-state index contributed by atoms with van der Waals surface area (Å²) in [5.74, 6) is -0.997. The highest BCUT2D eigenvalue weighted by Gasteiger charge is 2.12. The van der Waals surface area contributed by atoms with Crippen LogP contribution in [0.3, 0.4) is 0 Å². The van der Waals surface area contributed by atoms with Crippen molar-refractivity contribution in [3.8, 4) is 5.69 Å². The Morgan fingerprint density at radius 2 is 2.07 bits per heavy atom. The first-order valence-electron chi connectivity index (χ1n) is 4.22. The number of rotatable bonds is 2. The summed E-state index contributed by atoms with van der Waals surface area (Å²) in [5, 5.41) is 12.9. The zero-order chi connectivity index (χ0) is 10.8. The Morgan fingerprint density at radius 1 is 1.33 bits per heavy atom. The number of hydrogen-bond donors (Lipinski definition) is 1. The van der Waals surface area contributed by atoms with Crippen molar-refractivity contribution in [2.75, 3.05) is 0 Å². The molecule has 0 spiro atoms. The Kier molecular flexibility index (Phi) is 2.55. The van der Waals surface area contributed by atoms with Gasteiger partial charge in [0.15, 0.2) is 5.69 Å². The molecular formula is C10H7BrN2O2. The highest BCUT2D eigenvalue weighted by Crippen LogP contribution is 2.20. The number of halogens is 1. The van der Waals surface area contributed by atoms with Crippen LogP contribution in [-0.2, 0) is 0 Å².